The lowest BCUT2D eigenvalue weighted by Gasteiger charge is -2.49. The van der Waals surface area contributed by atoms with Crippen molar-refractivity contribution in [3.8, 4) is 0 Å². The fraction of sp³-hybridized carbons (Fsp3) is 0.381. The summed E-state index contributed by atoms with van der Waals surface area (Å²) < 4.78 is 0. The number of anilines is 2. The molecule has 0 atom stereocenters. The molecular formula is C21H24Cl2N4. The van der Waals surface area contributed by atoms with Gasteiger partial charge in [-0.2, -0.15) is 0 Å². The number of hydrogen-bond donors (Lipinski definition) is 1. The van der Waals surface area contributed by atoms with E-state index in [9.17, 15) is 0 Å². The molecule has 0 aliphatic carbocycles. The zero-order valence-corrected chi connectivity index (χ0v) is 17.2. The summed E-state index contributed by atoms with van der Waals surface area (Å²) in [5.41, 5.74) is 3.07. The van der Waals surface area contributed by atoms with Gasteiger partial charge in [-0.3, -0.25) is 4.99 Å². The van der Waals surface area contributed by atoms with Gasteiger partial charge in [0.15, 0.2) is 0 Å². The fourth-order valence-electron chi connectivity index (χ4n) is 4.02. The van der Waals surface area contributed by atoms with Gasteiger partial charge in [-0.25, -0.2) is 0 Å². The fourth-order valence-corrected chi connectivity index (χ4v) is 4.34. The Labute approximate surface area is 170 Å². The van der Waals surface area contributed by atoms with Crippen LogP contribution in [0.5, 0.6) is 0 Å². The first-order chi connectivity index (χ1) is 13.0. The van der Waals surface area contributed by atoms with Gasteiger partial charge in [0.2, 0.25) is 0 Å². The molecule has 1 N–H and O–H groups in total. The van der Waals surface area contributed by atoms with Crippen molar-refractivity contribution < 1.29 is 0 Å². The summed E-state index contributed by atoms with van der Waals surface area (Å²) in [5, 5.41) is 4.91. The van der Waals surface area contributed by atoms with Gasteiger partial charge >= 0.3 is 0 Å². The minimum atomic E-state index is -0.180. The van der Waals surface area contributed by atoms with Crippen LogP contribution in [0.1, 0.15) is 18.4 Å². The Bertz CT molecular complexity index is 858. The summed E-state index contributed by atoms with van der Waals surface area (Å²) in [5.74, 6) is 1.07. The molecule has 1 spiro atoms. The number of amidine groups is 1. The highest BCUT2D eigenvalue weighted by Crippen LogP contribution is 2.43. The lowest BCUT2D eigenvalue weighted by molar-refractivity contribution is 0.239. The molecular weight excluding hydrogens is 379 g/mol. The third-order valence-corrected chi connectivity index (χ3v) is 6.34. The highest BCUT2D eigenvalue weighted by molar-refractivity contribution is 6.42. The Morgan fingerprint density at radius 1 is 1.04 bits per heavy atom. The quantitative estimate of drug-likeness (QED) is 0.773. The predicted molar refractivity (Wildman–Crippen MR) is 116 cm³/mol. The van der Waals surface area contributed by atoms with Crippen LogP contribution in [0.15, 0.2) is 47.5 Å². The summed E-state index contributed by atoms with van der Waals surface area (Å²) in [4.78, 5) is 9.62. The minimum absolute atomic E-state index is 0.180. The highest BCUT2D eigenvalue weighted by Gasteiger charge is 2.44. The van der Waals surface area contributed by atoms with Crippen LogP contribution in [-0.2, 0) is 6.54 Å². The lowest BCUT2D eigenvalue weighted by atomic mass is 9.83. The number of nitrogens with zero attached hydrogens (tertiary/aromatic N) is 3. The molecule has 2 aliphatic rings. The largest absolute Gasteiger partial charge is 0.371 e. The lowest BCUT2D eigenvalue weighted by Crippen LogP contribution is -2.60. The molecule has 142 valence electrons. The first kappa shape index (κ1) is 18.6. The second kappa shape index (κ2) is 7.34. The predicted octanol–water partition coefficient (Wildman–Crippen LogP) is 4.92. The molecule has 1 saturated heterocycles. The minimum Gasteiger partial charge on any atom is -0.371 e. The van der Waals surface area contributed by atoms with E-state index in [0.717, 1.165) is 43.1 Å². The summed E-state index contributed by atoms with van der Waals surface area (Å²) in [7, 11) is 4.25. The number of aliphatic imine (C=N–C) groups is 1. The van der Waals surface area contributed by atoms with Gasteiger partial charge in [-0.05, 0) is 37.6 Å². The number of benzene rings is 2. The molecule has 4 nitrogen and oxygen atoms in total. The van der Waals surface area contributed by atoms with Crippen molar-refractivity contribution >= 4 is 40.4 Å². The molecule has 0 bridgehead atoms. The Hall–Kier alpha value is -1.75. The van der Waals surface area contributed by atoms with Crippen LogP contribution in [0.2, 0.25) is 10.0 Å². The van der Waals surface area contributed by atoms with E-state index < -0.39 is 0 Å². The monoisotopic (exact) mass is 402 g/mol. The van der Waals surface area contributed by atoms with Gasteiger partial charge in [-0.15, -0.1) is 0 Å². The zero-order chi connectivity index (χ0) is 19.0. The molecule has 2 aromatic rings. The molecule has 0 amide bonds. The normalized spacial score (nSPS) is 20.6. The van der Waals surface area contributed by atoms with Crippen LogP contribution >= 0.6 is 23.2 Å². The summed E-state index contributed by atoms with van der Waals surface area (Å²) in [6, 6.07) is 14.2. The maximum Gasteiger partial charge on any atom is 0.130 e. The topological polar surface area (TPSA) is 30.9 Å². The van der Waals surface area contributed by atoms with E-state index in [4.69, 9.17) is 28.2 Å². The van der Waals surface area contributed by atoms with E-state index in [1.54, 1.807) is 0 Å². The molecule has 0 aromatic heterocycles. The number of likely N-dealkylation sites (tertiary alicyclic amines) is 1. The van der Waals surface area contributed by atoms with Crippen LogP contribution in [0.25, 0.3) is 0 Å². The van der Waals surface area contributed by atoms with E-state index in [2.05, 4.69) is 53.5 Å². The number of hydrogen-bond acceptors (Lipinski definition) is 3. The number of rotatable bonds is 2. The molecule has 0 saturated carbocycles. The van der Waals surface area contributed by atoms with Gasteiger partial charge in [0.1, 0.15) is 5.84 Å². The number of fused-ring (bicyclic) bond motifs is 1. The maximum absolute atomic E-state index is 6.30. The molecule has 2 aromatic carbocycles. The number of likely N-dealkylation sites (N-methyl/N-ethyl adjacent to an activating group) is 1. The van der Waals surface area contributed by atoms with E-state index in [1.807, 2.05) is 18.2 Å². The third-order valence-electron chi connectivity index (χ3n) is 5.61. The Morgan fingerprint density at radius 3 is 2.41 bits per heavy atom. The Balaban J connectivity index is 1.76. The number of halogens is 2. The van der Waals surface area contributed by atoms with Crippen LogP contribution < -0.4 is 10.2 Å². The van der Waals surface area contributed by atoms with E-state index >= 15 is 0 Å². The Kier molecular flexibility index (Phi) is 5.06. The van der Waals surface area contributed by atoms with Crippen molar-refractivity contribution in [1.29, 1.82) is 0 Å². The van der Waals surface area contributed by atoms with Crippen molar-refractivity contribution in [3.05, 3.63) is 58.1 Å². The van der Waals surface area contributed by atoms with Crippen molar-refractivity contribution in [2.24, 2.45) is 4.99 Å². The van der Waals surface area contributed by atoms with Crippen LogP contribution in [0.3, 0.4) is 0 Å². The van der Waals surface area contributed by atoms with Crippen molar-refractivity contribution in [2.45, 2.75) is 24.9 Å². The van der Waals surface area contributed by atoms with Crippen molar-refractivity contribution in [1.82, 2.24) is 4.90 Å². The average molecular weight is 403 g/mol. The molecule has 27 heavy (non-hydrogen) atoms. The summed E-state index contributed by atoms with van der Waals surface area (Å²) in [6.45, 7) is 2.72. The highest BCUT2D eigenvalue weighted by atomic mass is 35.5. The smallest absolute Gasteiger partial charge is 0.130 e. The molecule has 0 unspecified atom stereocenters. The molecule has 2 heterocycles. The molecule has 4 rings (SSSR count). The standard InChI is InChI=1S/C21H24Cl2N4/c1-26-10-8-21(9-11-26)20(24-14-15-6-4-3-5-7-15)27(2)19-13-17(23)16(22)12-18(19)25-21/h3-7,12-13,25H,8-11,14H2,1-2H3. The maximum atomic E-state index is 6.30. The first-order valence-electron chi connectivity index (χ1n) is 9.27. The zero-order valence-electron chi connectivity index (χ0n) is 15.7. The van der Waals surface area contributed by atoms with E-state index in [-0.39, 0.29) is 5.54 Å². The number of nitrogens with one attached hydrogen (secondary N) is 1. The summed E-state index contributed by atoms with van der Waals surface area (Å²) in [6.07, 6.45) is 2.00. The molecule has 1 fully saturated rings. The van der Waals surface area contributed by atoms with Crippen LogP contribution in [0, 0.1) is 0 Å². The summed E-state index contributed by atoms with van der Waals surface area (Å²) >= 11 is 12.6. The van der Waals surface area contributed by atoms with E-state index in [0.29, 0.717) is 16.6 Å². The molecule has 2 aliphatic heterocycles. The molecule has 6 heteroatoms. The van der Waals surface area contributed by atoms with Crippen molar-refractivity contribution in [2.75, 3.05) is 37.4 Å². The van der Waals surface area contributed by atoms with E-state index in [1.165, 1.54) is 5.56 Å². The van der Waals surface area contributed by atoms with Gasteiger partial charge in [0, 0.05) is 20.1 Å². The second-order valence-corrected chi connectivity index (χ2v) is 8.29. The van der Waals surface area contributed by atoms with Gasteiger partial charge in [0.25, 0.3) is 0 Å². The first-order valence-corrected chi connectivity index (χ1v) is 10.0. The molecule has 0 radical (unpaired) electrons. The third kappa shape index (κ3) is 3.54. The van der Waals surface area contributed by atoms with Crippen LogP contribution in [0.4, 0.5) is 11.4 Å². The number of piperidine rings is 1. The van der Waals surface area contributed by atoms with Gasteiger partial charge in [0.05, 0.1) is 33.5 Å². The van der Waals surface area contributed by atoms with Gasteiger partial charge in [-0.1, -0.05) is 53.5 Å². The Morgan fingerprint density at radius 2 is 1.70 bits per heavy atom. The SMILES string of the molecule is CN1CCC2(CC1)Nc1cc(Cl)c(Cl)cc1N(C)C2=NCc1ccccc1. The average Bonchev–Trinajstić information content (AvgIpc) is 2.67. The van der Waals surface area contributed by atoms with Crippen LogP contribution in [-0.4, -0.2) is 43.5 Å². The van der Waals surface area contributed by atoms with Crippen molar-refractivity contribution in [3.63, 3.8) is 0 Å². The second-order valence-electron chi connectivity index (χ2n) is 7.48. The van der Waals surface area contributed by atoms with Gasteiger partial charge < -0.3 is 15.1 Å².